The van der Waals surface area contributed by atoms with E-state index in [9.17, 15) is 14.7 Å². The summed E-state index contributed by atoms with van der Waals surface area (Å²) in [6, 6.07) is 26.0. The van der Waals surface area contributed by atoms with Crippen LogP contribution in [0.1, 0.15) is 54.2 Å². The van der Waals surface area contributed by atoms with Crippen molar-refractivity contribution >= 4 is 52.7 Å². The van der Waals surface area contributed by atoms with Crippen LogP contribution >= 0.6 is 23.2 Å². The molecule has 8 rings (SSSR count). The van der Waals surface area contributed by atoms with Crippen molar-refractivity contribution in [3.05, 3.63) is 146 Å². The van der Waals surface area contributed by atoms with Crippen LogP contribution < -0.4 is 4.90 Å². The molecule has 10 nitrogen and oxygen atoms in total. The van der Waals surface area contributed by atoms with Crippen LogP contribution in [0.25, 0.3) is 17.3 Å². The average Bonchev–Trinajstić information content (AvgIpc) is 3.55. The van der Waals surface area contributed by atoms with Crippen LogP contribution in [0.5, 0.6) is 5.75 Å². The number of morpholine rings is 1. The monoisotopic (exact) mass is 831 g/mol. The van der Waals surface area contributed by atoms with Crippen LogP contribution in [0.2, 0.25) is 10.0 Å². The van der Waals surface area contributed by atoms with Crippen LogP contribution in [-0.2, 0) is 42.5 Å². The van der Waals surface area contributed by atoms with Crippen LogP contribution in [0, 0.1) is 6.92 Å². The number of nitrogens with zero attached hydrogens (tertiary/aromatic N) is 5. The maximum Gasteiger partial charge on any atom is 0.259 e. The Hall–Kier alpha value is -5.39. The Labute approximate surface area is 354 Å². The normalized spacial score (nSPS) is 16.9. The molecule has 0 unspecified atom stereocenters. The van der Waals surface area contributed by atoms with Gasteiger partial charge in [0.2, 0.25) is 5.91 Å². The lowest BCUT2D eigenvalue weighted by Crippen LogP contribution is -2.52. The SMILES string of the molecule is Cc1c(C(=O)N(C)c2ccc(O)cc2)cc(-c2cc3c(cc2C(=O)N2Cc4ccccc4C[C@H]2CN2CCOCC2)CN(C(=O)/C=C/c2ccc(Cl)c(Cl)c2)CC3)n1C. The number of phenolic OH excluding ortho intramolecular Hbond substituents is 1. The topological polar surface area (TPSA) is 98.6 Å². The van der Waals surface area contributed by atoms with Crippen LogP contribution in [-0.4, -0.2) is 94.6 Å². The summed E-state index contributed by atoms with van der Waals surface area (Å²) in [5.74, 6) is -0.321. The number of hydrogen-bond donors (Lipinski definition) is 1. The summed E-state index contributed by atoms with van der Waals surface area (Å²) in [4.78, 5) is 50.8. The van der Waals surface area contributed by atoms with Crippen molar-refractivity contribution in [3.8, 4) is 17.0 Å². The van der Waals surface area contributed by atoms with E-state index >= 15 is 4.79 Å². The second kappa shape index (κ2) is 17.1. The fourth-order valence-corrected chi connectivity index (χ4v) is 8.76. The highest BCUT2D eigenvalue weighted by molar-refractivity contribution is 6.42. The number of rotatable bonds is 8. The van der Waals surface area contributed by atoms with E-state index in [0.29, 0.717) is 66.1 Å². The quantitative estimate of drug-likeness (QED) is 0.161. The lowest BCUT2D eigenvalue weighted by atomic mass is 9.89. The summed E-state index contributed by atoms with van der Waals surface area (Å²) in [5, 5.41) is 10.7. The van der Waals surface area contributed by atoms with Crippen molar-refractivity contribution in [2.75, 3.05) is 51.3 Å². The molecule has 0 bridgehead atoms. The van der Waals surface area contributed by atoms with Gasteiger partial charge in [-0.25, -0.2) is 0 Å². The number of fused-ring (bicyclic) bond motifs is 2. The van der Waals surface area contributed by atoms with Gasteiger partial charge in [-0.15, -0.1) is 0 Å². The predicted octanol–water partition coefficient (Wildman–Crippen LogP) is 7.79. The number of ether oxygens (including phenoxy) is 1. The van der Waals surface area contributed by atoms with E-state index in [-0.39, 0.29) is 29.5 Å². The first-order valence-electron chi connectivity index (χ1n) is 19.9. The smallest absolute Gasteiger partial charge is 0.259 e. The largest absolute Gasteiger partial charge is 0.508 e. The zero-order valence-corrected chi connectivity index (χ0v) is 35.0. The van der Waals surface area contributed by atoms with E-state index in [1.54, 1.807) is 65.4 Å². The molecule has 12 heteroatoms. The first-order valence-corrected chi connectivity index (χ1v) is 20.7. The third kappa shape index (κ3) is 8.41. The van der Waals surface area contributed by atoms with E-state index in [4.69, 9.17) is 27.9 Å². The van der Waals surface area contributed by atoms with Gasteiger partial charge in [-0.2, -0.15) is 0 Å². The Balaban J connectivity index is 1.18. The van der Waals surface area contributed by atoms with Gasteiger partial charge < -0.3 is 29.1 Å². The number of carbonyl (C=O) groups excluding carboxylic acids is 3. The molecule has 0 radical (unpaired) electrons. The molecule has 4 heterocycles. The molecule has 0 spiro atoms. The third-order valence-corrected chi connectivity index (χ3v) is 12.8. The van der Waals surface area contributed by atoms with Gasteiger partial charge in [0.25, 0.3) is 11.8 Å². The summed E-state index contributed by atoms with van der Waals surface area (Å²) in [6.07, 6.45) is 4.61. The maximum absolute atomic E-state index is 15.4. The zero-order chi connectivity index (χ0) is 41.4. The second-order valence-electron chi connectivity index (χ2n) is 15.6. The molecule has 59 heavy (non-hydrogen) atoms. The fourth-order valence-electron chi connectivity index (χ4n) is 8.45. The molecule has 3 aliphatic rings. The first-order chi connectivity index (χ1) is 28.4. The Kier molecular flexibility index (Phi) is 11.7. The van der Waals surface area contributed by atoms with E-state index in [0.717, 1.165) is 65.3 Å². The summed E-state index contributed by atoms with van der Waals surface area (Å²) in [7, 11) is 3.64. The average molecular weight is 833 g/mol. The number of aromatic hydroxyl groups is 1. The van der Waals surface area contributed by atoms with Crippen LogP contribution in [0.4, 0.5) is 5.69 Å². The molecule has 1 aromatic heterocycles. The number of anilines is 1. The Morgan fingerprint density at radius 3 is 2.34 bits per heavy atom. The summed E-state index contributed by atoms with van der Waals surface area (Å²) in [6.45, 7) is 6.91. The highest BCUT2D eigenvalue weighted by Gasteiger charge is 2.35. The number of amides is 3. The number of carbonyl (C=O) groups is 3. The maximum atomic E-state index is 15.4. The number of aromatic nitrogens is 1. The molecule has 304 valence electrons. The number of benzene rings is 4. The van der Waals surface area contributed by atoms with Crippen molar-refractivity contribution in [3.63, 3.8) is 0 Å². The van der Waals surface area contributed by atoms with E-state index < -0.39 is 0 Å². The molecule has 1 saturated heterocycles. The van der Waals surface area contributed by atoms with Gasteiger partial charge in [-0.3, -0.25) is 19.3 Å². The molecule has 1 atom stereocenters. The minimum absolute atomic E-state index is 0.0739. The van der Waals surface area contributed by atoms with Gasteiger partial charge in [0.1, 0.15) is 5.75 Å². The van der Waals surface area contributed by atoms with Gasteiger partial charge >= 0.3 is 0 Å². The summed E-state index contributed by atoms with van der Waals surface area (Å²) in [5.41, 5.74) is 9.05. The summed E-state index contributed by atoms with van der Waals surface area (Å²) >= 11 is 12.3. The van der Waals surface area contributed by atoms with E-state index in [1.807, 2.05) is 47.7 Å². The van der Waals surface area contributed by atoms with Gasteiger partial charge in [0, 0.05) is 93.7 Å². The van der Waals surface area contributed by atoms with Gasteiger partial charge in [-0.1, -0.05) is 53.5 Å². The molecule has 5 aromatic rings. The second-order valence-corrected chi connectivity index (χ2v) is 16.4. The number of halogens is 2. The van der Waals surface area contributed by atoms with Crippen molar-refractivity contribution < 1.29 is 24.2 Å². The van der Waals surface area contributed by atoms with Crippen molar-refractivity contribution in [1.29, 1.82) is 0 Å². The minimum Gasteiger partial charge on any atom is -0.508 e. The highest BCUT2D eigenvalue weighted by Crippen LogP contribution is 2.36. The Morgan fingerprint density at radius 1 is 0.847 bits per heavy atom. The molecule has 0 saturated carbocycles. The molecule has 4 aromatic carbocycles. The first kappa shape index (κ1) is 40.4. The molecule has 3 aliphatic heterocycles. The predicted molar refractivity (Wildman–Crippen MR) is 232 cm³/mol. The lowest BCUT2D eigenvalue weighted by molar-refractivity contribution is -0.126. The molecule has 3 amide bonds. The minimum atomic E-state index is -0.206. The van der Waals surface area contributed by atoms with Crippen LogP contribution in [0.3, 0.4) is 0 Å². The molecular weight excluding hydrogens is 785 g/mol. The zero-order valence-electron chi connectivity index (χ0n) is 33.5. The molecular formula is C47H47Cl2N5O5. The Morgan fingerprint density at radius 2 is 1.59 bits per heavy atom. The van der Waals surface area contributed by atoms with Gasteiger partial charge in [0.15, 0.2) is 0 Å². The van der Waals surface area contributed by atoms with Gasteiger partial charge in [0.05, 0.1) is 28.8 Å². The van der Waals surface area contributed by atoms with Crippen molar-refractivity contribution in [2.24, 2.45) is 7.05 Å². The van der Waals surface area contributed by atoms with E-state index in [1.165, 1.54) is 5.56 Å². The lowest BCUT2D eigenvalue weighted by Gasteiger charge is -2.41. The number of phenols is 1. The van der Waals surface area contributed by atoms with Crippen molar-refractivity contribution in [2.45, 2.75) is 38.9 Å². The standard InChI is InChI=1S/C47H47Cl2N5O5/c1-30-39(46(57)51(3)36-10-12-38(55)13-11-36)26-44(50(30)2)40-24-33-16-17-53(45(56)15-9-31-8-14-42(48)43(49)22-31)27-35(33)25-41(40)47(58)54-28-34-7-5-4-6-32(34)23-37(54)29-52-18-20-59-21-19-52/h4-15,22,24-26,37,55H,16-21,23,27-29H2,1-3H3/b15-9+/t37-/m0/s1. The summed E-state index contributed by atoms with van der Waals surface area (Å²) < 4.78 is 7.64. The molecule has 1 N–H and O–H groups in total. The highest BCUT2D eigenvalue weighted by atomic mass is 35.5. The third-order valence-electron chi connectivity index (χ3n) is 12.0. The fraction of sp³-hybridized carbons (Fsp3) is 0.298. The molecule has 1 fully saturated rings. The van der Waals surface area contributed by atoms with E-state index in [2.05, 4.69) is 29.2 Å². The van der Waals surface area contributed by atoms with Crippen LogP contribution in [0.15, 0.2) is 91.0 Å². The van der Waals surface area contributed by atoms with Gasteiger partial charge in [-0.05, 0) is 108 Å². The molecule has 0 aliphatic carbocycles. The Bertz CT molecular complexity index is 2460. The van der Waals surface area contributed by atoms with Crippen molar-refractivity contribution in [1.82, 2.24) is 19.3 Å². The number of hydrogen-bond acceptors (Lipinski definition) is 6.